The number of ether oxygens (including phenoxy) is 1. The molecule has 1 heterocycles. The zero-order valence-electron chi connectivity index (χ0n) is 13.6. The number of anilines is 2. The zero-order valence-corrected chi connectivity index (χ0v) is 13.6. The van der Waals surface area contributed by atoms with Gasteiger partial charge in [-0.15, -0.1) is 0 Å². The standard InChI is InChI=1S/C19H22N2O2/c1-21-11-10-15-13-16(7-8-18(15)21)20-19(22)9-6-14-4-3-5-17(12-14)23-2/h3-5,7-8,12-13H,6,9-11H2,1-2H3,(H,20,22). The molecule has 0 spiro atoms. The van der Waals surface area contributed by atoms with Crippen molar-refractivity contribution in [1.29, 1.82) is 0 Å². The number of aryl methyl sites for hydroxylation is 1. The van der Waals surface area contributed by atoms with Gasteiger partial charge >= 0.3 is 0 Å². The summed E-state index contributed by atoms with van der Waals surface area (Å²) in [6.45, 7) is 1.04. The Bertz CT molecular complexity index is 712. The van der Waals surface area contributed by atoms with Crippen molar-refractivity contribution in [2.75, 3.05) is 30.9 Å². The second-order valence-electron chi connectivity index (χ2n) is 5.91. The lowest BCUT2D eigenvalue weighted by Crippen LogP contribution is -2.13. The highest BCUT2D eigenvalue weighted by atomic mass is 16.5. The lowest BCUT2D eigenvalue weighted by atomic mass is 10.1. The monoisotopic (exact) mass is 310 g/mol. The van der Waals surface area contributed by atoms with Crippen molar-refractivity contribution in [3.8, 4) is 5.75 Å². The van der Waals surface area contributed by atoms with Gasteiger partial charge in [0, 0.05) is 31.4 Å². The van der Waals surface area contributed by atoms with Gasteiger partial charge in [0.1, 0.15) is 5.75 Å². The first-order valence-corrected chi connectivity index (χ1v) is 7.92. The number of nitrogens with one attached hydrogen (secondary N) is 1. The smallest absolute Gasteiger partial charge is 0.224 e. The molecular weight excluding hydrogens is 288 g/mol. The van der Waals surface area contributed by atoms with Gasteiger partial charge in [-0.3, -0.25) is 4.79 Å². The van der Waals surface area contributed by atoms with Crippen LogP contribution in [0, 0.1) is 0 Å². The minimum atomic E-state index is 0.0409. The Kier molecular flexibility index (Phi) is 4.51. The molecule has 4 heteroatoms. The van der Waals surface area contributed by atoms with Crippen molar-refractivity contribution in [3.05, 3.63) is 53.6 Å². The summed E-state index contributed by atoms with van der Waals surface area (Å²) in [5.41, 5.74) is 4.56. The molecule has 120 valence electrons. The molecule has 0 radical (unpaired) electrons. The summed E-state index contributed by atoms with van der Waals surface area (Å²) in [6.07, 6.45) is 2.21. The van der Waals surface area contributed by atoms with E-state index in [4.69, 9.17) is 4.74 Å². The highest BCUT2D eigenvalue weighted by Crippen LogP contribution is 2.29. The molecule has 2 aromatic rings. The van der Waals surface area contributed by atoms with Crippen LogP contribution < -0.4 is 15.0 Å². The quantitative estimate of drug-likeness (QED) is 0.921. The maximum absolute atomic E-state index is 12.2. The summed E-state index contributed by atoms with van der Waals surface area (Å²) < 4.78 is 5.20. The van der Waals surface area contributed by atoms with Crippen LogP contribution in [0.4, 0.5) is 11.4 Å². The van der Waals surface area contributed by atoms with Gasteiger partial charge in [-0.25, -0.2) is 0 Å². The Labute approximate surface area is 137 Å². The van der Waals surface area contributed by atoms with Gasteiger partial charge in [0.05, 0.1) is 7.11 Å². The first-order chi connectivity index (χ1) is 11.2. The molecule has 4 nitrogen and oxygen atoms in total. The average molecular weight is 310 g/mol. The molecular formula is C19H22N2O2. The summed E-state index contributed by atoms with van der Waals surface area (Å²) in [5, 5.41) is 3.00. The molecule has 2 aromatic carbocycles. The lowest BCUT2D eigenvalue weighted by Gasteiger charge is -2.12. The number of hydrogen-bond donors (Lipinski definition) is 1. The number of likely N-dealkylation sites (N-methyl/N-ethyl adjacent to an activating group) is 1. The van der Waals surface area contributed by atoms with E-state index in [1.165, 1.54) is 11.3 Å². The molecule has 0 saturated heterocycles. The van der Waals surface area contributed by atoms with Crippen molar-refractivity contribution in [3.63, 3.8) is 0 Å². The molecule has 0 unspecified atom stereocenters. The lowest BCUT2D eigenvalue weighted by molar-refractivity contribution is -0.116. The summed E-state index contributed by atoms with van der Waals surface area (Å²) >= 11 is 0. The zero-order chi connectivity index (χ0) is 16.2. The Morgan fingerprint density at radius 2 is 2.13 bits per heavy atom. The van der Waals surface area contributed by atoms with E-state index in [1.54, 1.807) is 7.11 Å². The van der Waals surface area contributed by atoms with Crippen molar-refractivity contribution in [2.24, 2.45) is 0 Å². The third kappa shape index (κ3) is 3.65. The Morgan fingerprint density at radius 3 is 2.96 bits per heavy atom. The Balaban J connectivity index is 1.57. The van der Waals surface area contributed by atoms with Gasteiger partial charge in [-0.2, -0.15) is 0 Å². The van der Waals surface area contributed by atoms with Gasteiger partial charge in [0.2, 0.25) is 5.91 Å². The molecule has 0 fully saturated rings. The number of carbonyl (C=O) groups excluding carboxylic acids is 1. The molecule has 0 bridgehead atoms. The molecule has 0 aromatic heterocycles. The number of carbonyl (C=O) groups is 1. The second kappa shape index (κ2) is 6.73. The summed E-state index contributed by atoms with van der Waals surface area (Å²) in [6, 6.07) is 14.0. The van der Waals surface area contributed by atoms with Crippen molar-refractivity contribution in [2.45, 2.75) is 19.3 Å². The van der Waals surface area contributed by atoms with Gasteiger partial charge in [-0.1, -0.05) is 12.1 Å². The van der Waals surface area contributed by atoms with Crippen LogP contribution in [0.5, 0.6) is 5.75 Å². The predicted molar refractivity (Wildman–Crippen MR) is 93.4 cm³/mol. The van der Waals surface area contributed by atoms with E-state index in [9.17, 15) is 4.79 Å². The molecule has 1 N–H and O–H groups in total. The van der Waals surface area contributed by atoms with Gasteiger partial charge in [-0.05, 0) is 54.3 Å². The maximum Gasteiger partial charge on any atom is 0.224 e. The number of benzene rings is 2. The molecule has 1 amide bonds. The van der Waals surface area contributed by atoms with E-state index in [1.807, 2.05) is 30.3 Å². The summed E-state index contributed by atoms with van der Waals surface area (Å²) in [5.74, 6) is 0.866. The van der Waals surface area contributed by atoms with Crippen LogP contribution in [-0.4, -0.2) is 26.6 Å². The van der Waals surface area contributed by atoms with E-state index in [0.717, 1.165) is 30.0 Å². The molecule has 1 aliphatic heterocycles. The molecule has 0 atom stereocenters. The van der Waals surface area contributed by atoms with Crippen molar-refractivity contribution in [1.82, 2.24) is 0 Å². The van der Waals surface area contributed by atoms with Gasteiger partial charge < -0.3 is 15.0 Å². The van der Waals surface area contributed by atoms with Crippen LogP contribution in [0.15, 0.2) is 42.5 Å². The van der Waals surface area contributed by atoms with Crippen LogP contribution in [0.2, 0.25) is 0 Å². The number of rotatable bonds is 5. The Hall–Kier alpha value is -2.49. The molecule has 0 aliphatic carbocycles. The van der Waals surface area contributed by atoms with E-state index in [2.05, 4.69) is 29.4 Å². The molecule has 3 rings (SSSR count). The third-order valence-corrected chi connectivity index (χ3v) is 4.27. The van der Waals surface area contributed by atoms with Gasteiger partial charge in [0.15, 0.2) is 0 Å². The SMILES string of the molecule is COc1cccc(CCC(=O)Nc2ccc3c(c2)CCN3C)c1. The molecule has 23 heavy (non-hydrogen) atoms. The fourth-order valence-corrected chi connectivity index (χ4v) is 2.95. The number of fused-ring (bicyclic) bond motifs is 1. The van der Waals surface area contributed by atoms with E-state index in [0.29, 0.717) is 12.8 Å². The van der Waals surface area contributed by atoms with Crippen molar-refractivity contribution >= 4 is 17.3 Å². The van der Waals surface area contributed by atoms with E-state index in [-0.39, 0.29) is 5.91 Å². The van der Waals surface area contributed by atoms with Crippen LogP contribution >= 0.6 is 0 Å². The highest BCUT2D eigenvalue weighted by molar-refractivity contribution is 5.91. The predicted octanol–water partition coefficient (Wildman–Crippen LogP) is 3.26. The van der Waals surface area contributed by atoms with Crippen molar-refractivity contribution < 1.29 is 9.53 Å². The average Bonchev–Trinajstić information content (AvgIpc) is 2.94. The fourth-order valence-electron chi connectivity index (χ4n) is 2.95. The van der Waals surface area contributed by atoms with Gasteiger partial charge in [0.25, 0.3) is 0 Å². The Morgan fingerprint density at radius 1 is 1.26 bits per heavy atom. The fraction of sp³-hybridized carbons (Fsp3) is 0.316. The number of nitrogens with zero attached hydrogens (tertiary/aromatic N) is 1. The summed E-state index contributed by atoms with van der Waals surface area (Å²) in [7, 11) is 3.75. The third-order valence-electron chi connectivity index (χ3n) is 4.27. The summed E-state index contributed by atoms with van der Waals surface area (Å²) in [4.78, 5) is 14.4. The molecule has 0 saturated carbocycles. The number of methoxy groups -OCH3 is 1. The van der Waals surface area contributed by atoms with Crippen LogP contribution in [0.25, 0.3) is 0 Å². The first kappa shape index (κ1) is 15.4. The topological polar surface area (TPSA) is 41.6 Å². The second-order valence-corrected chi connectivity index (χ2v) is 5.91. The largest absolute Gasteiger partial charge is 0.497 e. The number of hydrogen-bond acceptors (Lipinski definition) is 3. The minimum absolute atomic E-state index is 0.0409. The van der Waals surface area contributed by atoms with Crippen LogP contribution in [-0.2, 0) is 17.6 Å². The highest BCUT2D eigenvalue weighted by Gasteiger charge is 2.16. The molecule has 1 aliphatic rings. The number of amides is 1. The van der Waals surface area contributed by atoms with Crippen LogP contribution in [0.1, 0.15) is 17.5 Å². The normalized spacial score (nSPS) is 12.9. The minimum Gasteiger partial charge on any atom is -0.497 e. The van der Waals surface area contributed by atoms with Crippen LogP contribution in [0.3, 0.4) is 0 Å². The first-order valence-electron chi connectivity index (χ1n) is 7.92. The van der Waals surface area contributed by atoms with E-state index < -0.39 is 0 Å². The maximum atomic E-state index is 12.2. The van der Waals surface area contributed by atoms with E-state index >= 15 is 0 Å².